The Hall–Kier alpha value is -1.96. The zero-order chi connectivity index (χ0) is 20.1. The Morgan fingerprint density at radius 3 is 2.43 bits per heavy atom. The van der Waals surface area contributed by atoms with Crippen LogP contribution in [-0.4, -0.2) is 26.9 Å². The highest BCUT2D eigenvalue weighted by Gasteiger charge is 2.22. The second-order valence-electron chi connectivity index (χ2n) is 6.85. The predicted molar refractivity (Wildman–Crippen MR) is 106 cm³/mol. The van der Waals surface area contributed by atoms with Crippen LogP contribution >= 0.6 is 11.6 Å². The van der Waals surface area contributed by atoms with Crippen molar-refractivity contribution < 1.29 is 17.6 Å². The maximum Gasteiger partial charge on any atom is 0.255 e. The first-order valence-electron chi connectivity index (χ1n) is 9.20. The SMILES string of the molecule is O=C(NCCc1ccc(S(=O)(=O)NC2CCCC2)cc1)c1c(F)cccc1Cl. The summed E-state index contributed by atoms with van der Waals surface area (Å²) in [4.78, 5) is 12.3. The molecule has 2 N–H and O–H groups in total. The standard InChI is InChI=1S/C20H22ClFN2O3S/c21-17-6-3-7-18(22)19(17)20(25)23-13-12-14-8-10-16(11-9-14)28(26,27)24-15-4-1-2-5-15/h3,6-11,15,24H,1-2,4-5,12-13H2,(H,23,25). The molecule has 3 rings (SSSR count). The molecule has 0 heterocycles. The predicted octanol–water partition coefficient (Wildman–Crippen LogP) is 3.67. The quantitative estimate of drug-likeness (QED) is 0.712. The number of nitrogens with one attached hydrogen (secondary N) is 2. The van der Waals surface area contributed by atoms with Crippen molar-refractivity contribution >= 4 is 27.5 Å². The Kier molecular flexibility index (Phi) is 6.69. The van der Waals surface area contributed by atoms with Crippen molar-refractivity contribution in [1.82, 2.24) is 10.0 Å². The molecule has 28 heavy (non-hydrogen) atoms. The number of benzene rings is 2. The van der Waals surface area contributed by atoms with E-state index in [1.54, 1.807) is 24.3 Å². The van der Waals surface area contributed by atoms with Crippen molar-refractivity contribution in [2.24, 2.45) is 0 Å². The van der Waals surface area contributed by atoms with Gasteiger partial charge in [0.15, 0.2) is 0 Å². The second-order valence-corrected chi connectivity index (χ2v) is 8.97. The normalized spacial score (nSPS) is 14.9. The molecule has 0 aromatic heterocycles. The first-order valence-corrected chi connectivity index (χ1v) is 11.1. The largest absolute Gasteiger partial charge is 0.352 e. The third kappa shape index (κ3) is 5.10. The molecule has 0 unspecified atom stereocenters. The van der Waals surface area contributed by atoms with Gasteiger partial charge in [-0.25, -0.2) is 17.5 Å². The lowest BCUT2D eigenvalue weighted by Gasteiger charge is -2.13. The number of halogens is 2. The molecule has 0 spiro atoms. The van der Waals surface area contributed by atoms with E-state index in [2.05, 4.69) is 10.0 Å². The molecule has 1 fully saturated rings. The minimum absolute atomic E-state index is 0.0186. The van der Waals surface area contributed by atoms with Gasteiger partial charge < -0.3 is 5.32 Å². The van der Waals surface area contributed by atoms with E-state index in [1.165, 1.54) is 18.2 Å². The fourth-order valence-corrected chi connectivity index (χ4v) is 4.84. The van der Waals surface area contributed by atoms with Gasteiger partial charge in [0, 0.05) is 12.6 Å². The monoisotopic (exact) mass is 424 g/mol. The lowest BCUT2D eigenvalue weighted by atomic mass is 10.1. The van der Waals surface area contributed by atoms with Gasteiger partial charge in [0.05, 0.1) is 15.5 Å². The lowest BCUT2D eigenvalue weighted by Crippen LogP contribution is -2.32. The molecule has 1 aliphatic carbocycles. The van der Waals surface area contributed by atoms with Crippen LogP contribution in [0.2, 0.25) is 5.02 Å². The smallest absolute Gasteiger partial charge is 0.255 e. The van der Waals surface area contributed by atoms with Gasteiger partial charge in [-0.3, -0.25) is 4.79 Å². The molecule has 0 saturated heterocycles. The Morgan fingerprint density at radius 2 is 1.79 bits per heavy atom. The number of hydrogen-bond acceptors (Lipinski definition) is 3. The number of rotatable bonds is 7. The van der Waals surface area contributed by atoms with Crippen LogP contribution in [0.4, 0.5) is 4.39 Å². The van der Waals surface area contributed by atoms with E-state index in [4.69, 9.17) is 11.6 Å². The molecule has 2 aromatic carbocycles. The summed E-state index contributed by atoms with van der Waals surface area (Å²) in [6, 6.07) is 10.6. The highest BCUT2D eigenvalue weighted by atomic mass is 35.5. The van der Waals surface area contributed by atoms with Gasteiger partial charge in [0.1, 0.15) is 5.82 Å². The van der Waals surface area contributed by atoms with Crippen LogP contribution in [-0.2, 0) is 16.4 Å². The highest BCUT2D eigenvalue weighted by molar-refractivity contribution is 7.89. The van der Waals surface area contributed by atoms with Gasteiger partial charge >= 0.3 is 0 Å². The van der Waals surface area contributed by atoms with Gasteiger partial charge in [0.2, 0.25) is 10.0 Å². The summed E-state index contributed by atoms with van der Waals surface area (Å²) in [6.45, 7) is 0.274. The minimum atomic E-state index is -3.52. The first-order chi connectivity index (χ1) is 13.4. The summed E-state index contributed by atoms with van der Waals surface area (Å²) in [6.07, 6.45) is 4.34. The van der Waals surface area contributed by atoms with Crippen molar-refractivity contribution in [3.05, 3.63) is 64.4 Å². The summed E-state index contributed by atoms with van der Waals surface area (Å²) >= 11 is 5.88. The average Bonchev–Trinajstić information content (AvgIpc) is 3.14. The summed E-state index contributed by atoms with van der Waals surface area (Å²) in [5.74, 6) is -1.25. The molecule has 1 amide bonds. The Bertz CT molecular complexity index is 922. The molecule has 0 atom stereocenters. The molecule has 5 nitrogen and oxygen atoms in total. The number of carbonyl (C=O) groups is 1. The average molecular weight is 425 g/mol. The van der Waals surface area contributed by atoms with Gasteiger partial charge in [-0.15, -0.1) is 0 Å². The molecule has 1 saturated carbocycles. The van der Waals surface area contributed by atoms with Crippen LogP contribution in [0.1, 0.15) is 41.6 Å². The molecular formula is C20H22ClFN2O3S. The molecule has 8 heteroatoms. The summed E-state index contributed by atoms with van der Waals surface area (Å²) in [5.41, 5.74) is 0.684. The number of hydrogen-bond donors (Lipinski definition) is 2. The van der Waals surface area contributed by atoms with Crippen LogP contribution in [0.5, 0.6) is 0 Å². The highest BCUT2D eigenvalue weighted by Crippen LogP contribution is 2.21. The van der Waals surface area contributed by atoms with Crippen LogP contribution in [0.15, 0.2) is 47.4 Å². The summed E-state index contributed by atoms with van der Waals surface area (Å²) in [5, 5.41) is 2.69. The fourth-order valence-electron chi connectivity index (χ4n) is 3.29. The zero-order valence-electron chi connectivity index (χ0n) is 15.3. The van der Waals surface area contributed by atoms with Gasteiger partial charge in [-0.2, -0.15) is 0 Å². The molecule has 0 bridgehead atoms. The van der Waals surface area contributed by atoms with Crippen molar-refractivity contribution in [3.63, 3.8) is 0 Å². The maximum absolute atomic E-state index is 13.7. The van der Waals surface area contributed by atoms with E-state index in [1.807, 2.05) is 0 Å². The van der Waals surface area contributed by atoms with E-state index >= 15 is 0 Å². The van der Waals surface area contributed by atoms with E-state index in [0.717, 1.165) is 31.2 Å². The van der Waals surface area contributed by atoms with E-state index in [-0.39, 0.29) is 28.1 Å². The zero-order valence-corrected chi connectivity index (χ0v) is 16.8. The molecule has 0 aliphatic heterocycles. The van der Waals surface area contributed by atoms with Crippen LogP contribution in [0.3, 0.4) is 0 Å². The third-order valence-electron chi connectivity index (χ3n) is 4.80. The second kappa shape index (κ2) is 9.03. The van der Waals surface area contributed by atoms with Crippen LogP contribution in [0.25, 0.3) is 0 Å². The van der Waals surface area contributed by atoms with Crippen LogP contribution in [0, 0.1) is 5.82 Å². The van der Waals surface area contributed by atoms with Gasteiger partial charge in [0.25, 0.3) is 5.91 Å². The molecular weight excluding hydrogens is 403 g/mol. The van der Waals surface area contributed by atoms with Crippen molar-refractivity contribution in [1.29, 1.82) is 0 Å². The Labute approximate surface area is 169 Å². The van der Waals surface area contributed by atoms with E-state index in [0.29, 0.717) is 6.42 Å². The molecule has 0 radical (unpaired) electrons. The van der Waals surface area contributed by atoms with Crippen molar-refractivity contribution in [2.45, 2.75) is 43.0 Å². The van der Waals surface area contributed by atoms with Gasteiger partial charge in [-0.05, 0) is 49.1 Å². The Balaban J connectivity index is 1.55. The molecule has 1 aliphatic rings. The Morgan fingerprint density at radius 1 is 1.11 bits per heavy atom. The number of carbonyl (C=O) groups excluding carboxylic acids is 1. The van der Waals surface area contributed by atoms with Crippen molar-refractivity contribution in [3.8, 4) is 0 Å². The summed E-state index contributed by atoms with van der Waals surface area (Å²) in [7, 11) is -3.52. The molecule has 2 aromatic rings. The van der Waals surface area contributed by atoms with Crippen LogP contribution < -0.4 is 10.0 Å². The van der Waals surface area contributed by atoms with E-state index < -0.39 is 21.7 Å². The van der Waals surface area contributed by atoms with E-state index in [9.17, 15) is 17.6 Å². The lowest BCUT2D eigenvalue weighted by molar-refractivity contribution is 0.0950. The van der Waals surface area contributed by atoms with Gasteiger partial charge in [-0.1, -0.05) is 42.6 Å². The third-order valence-corrected chi connectivity index (χ3v) is 6.65. The fraction of sp³-hybridized carbons (Fsp3) is 0.350. The molecule has 150 valence electrons. The first kappa shape index (κ1) is 20.8. The maximum atomic E-state index is 13.7. The number of sulfonamides is 1. The topological polar surface area (TPSA) is 75.3 Å². The summed E-state index contributed by atoms with van der Waals surface area (Å²) < 4.78 is 41.3. The van der Waals surface area contributed by atoms with Crippen molar-refractivity contribution in [2.75, 3.05) is 6.54 Å². The number of amides is 1. The minimum Gasteiger partial charge on any atom is -0.352 e.